The second-order valence-corrected chi connectivity index (χ2v) is 5.68. The number of carbonyl (C=O) groups is 2. The Bertz CT molecular complexity index is 418. The van der Waals surface area contributed by atoms with Crippen LogP contribution in [-0.2, 0) is 11.2 Å². The minimum Gasteiger partial charge on any atom is -0.480 e. The van der Waals surface area contributed by atoms with Crippen molar-refractivity contribution >= 4 is 23.3 Å². The molecule has 1 heterocycles. The molecule has 19 heavy (non-hydrogen) atoms. The third kappa shape index (κ3) is 4.90. The van der Waals surface area contributed by atoms with Crippen molar-refractivity contribution in [3.8, 4) is 0 Å². The Kier molecular flexibility index (Phi) is 5.82. The fraction of sp³-hybridized carbons (Fsp3) is 0.538. The largest absolute Gasteiger partial charge is 0.480 e. The summed E-state index contributed by atoms with van der Waals surface area (Å²) in [5.41, 5.74) is 0. The van der Waals surface area contributed by atoms with E-state index in [1.54, 1.807) is 23.3 Å². The number of carboxylic acids is 1. The average Bonchev–Trinajstić information content (AvgIpc) is 2.84. The Hall–Kier alpha value is -1.56. The monoisotopic (exact) mass is 284 g/mol. The zero-order valence-electron chi connectivity index (χ0n) is 11.5. The SMILES string of the molecule is CC(C)N(CC(=O)O)C(=O)N(C)CCc1cccs1. The van der Waals surface area contributed by atoms with Gasteiger partial charge >= 0.3 is 12.0 Å². The summed E-state index contributed by atoms with van der Waals surface area (Å²) in [7, 11) is 1.70. The lowest BCUT2D eigenvalue weighted by molar-refractivity contribution is -0.138. The molecule has 1 aromatic rings. The first-order chi connectivity index (χ1) is 8.91. The van der Waals surface area contributed by atoms with Gasteiger partial charge < -0.3 is 14.9 Å². The molecule has 1 rings (SSSR count). The summed E-state index contributed by atoms with van der Waals surface area (Å²) < 4.78 is 0. The third-order valence-electron chi connectivity index (χ3n) is 2.77. The molecular formula is C13H20N2O3S. The maximum absolute atomic E-state index is 12.2. The van der Waals surface area contributed by atoms with Gasteiger partial charge in [-0.2, -0.15) is 0 Å². The van der Waals surface area contributed by atoms with Crippen molar-refractivity contribution in [3.63, 3.8) is 0 Å². The van der Waals surface area contributed by atoms with E-state index in [9.17, 15) is 9.59 Å². The topological polar surface area (TPSA) is 60.9 Å². The first kappa shape index (κ1) is 15.5. The molecule has 0 aliphatic heterocycles. The number of thiophene rings is 1. The van der Waals surface area contributed by atoms with Gasteiger partial charge in [-0.05, 0) is 31.7 Å². The highest BCUT2D eigenvalue weighted by Gasteiger charge is 2.22. The summed E-state index contributed by atoms with van der Waals surface area (Å²) >= 11 is 1.66. The maximum atomic E-state index is 12.2. The predicted octanol–water partition coefficient (Wildman–Crippen LogP) is 2.14. The fourth-order valence-electron chi connectivity index (χ4n) is 1.66. The lowest BCUT2D eigenvalue weighted by Gasteiger charge is -2.29. The minimum atomic E-state index is -0.992. The zero-order chi connectivity index (χ0) is 14.4. The number of urea groups is 1. The van der Waals surface area contributed by atoms with Crippen LogP contribution < -0.4 is 0 Å². The van der Waals surface area contributed by atoms with E-state index in [1.807, 2.05) is 31.4 Å². The van der Waals surface area contributed by atoms with Crippen LogP contribution in [0.1, 0.15) is 18.7 Å². The lowest BCUT2D eigenvalue weighted by Crippen LogP contribution is -2.47. The Morgan fingerprint density at radius 3 is 2.58 bits per heavy atom. The molecule has 0 aliphatic rings. The van der Waals surface area contributed by atoms with E-state index in [0.29, 0.717) is 6.54 Å². The number of carboxylic acid groups (broad SMARTS) is 1. The van der Waals surface area contributed by atoms with Crippen LogP contribution in [0.4, 0.5) is 4.79 Å². The molecular weight excluding hydrogens is 264 g/mol. The normalized spacial score (nSPS) is 10.5. The Morgan fingerprint density at radius 1 is 1.42 bits per heavy atom. The van der Waals surface area contributed by atoms with Crippen LogP contribution in [0.25, 0.3) is 0 Å². The van der Waals surface area contributed by atoms with Gasteiger partial charge in [0, 0.05) is 24.5 Å². The highest BCUT2D eigenvalue weighted by molar-refractivity contribution is 7.09. The summed E-state index contributed by atoms with van der Waals surface area (Å²) in [4.78, 5) is 27.1. The molecule has 5 nitrogen and oxygen atoms in total. The highest BCUT2D eigenvalue weighted by Crippen LogP contribution is 2.10. The first-order valence-corrected chi connectivity index (χ1v) is 7.05. The molecule has 6 heteroatoms. The molecule has 0 saturated carbocycles. The summed E-state index contributed by atoms with van der Waals surface area (Å²) in [5.74, 6) is -0.992. The van der Waals surface area contributed by atoms with Crippen molar-refractivity contribution in [1.82, 2.24) is 9.80 Å². The van der Waals surface area contributed by atoms with Crippen LogP contribution in [0, 0.1) is 0 Å². The Balaban J connectivity index is 2.55. The predicted molar refractivity (Wildman–Crippen MR) is 75.5 cm³/mol. The van der Waals surface area contributed by atoms with Gasteiger partial charge in [-0.25, -0.2) is 4.79 Å². The number of rotatable bonds is 6. The quantitative estimate of drug-likeness (QED) is 0.870. The van der Waals surface area contributed by atoms with Crippen LogP contribution in [0.2, 0.25) is 0 Å². The summed E-state index contributed by atoms with van der Waals surface area (Å²) in [6.07, 6.45) is 0.791. The van der Waals surface area contributed by atoms with Crippen molar-refractivity contribution in [2.24, 2.45) is 0 Å². The van der Waals surface area contributed by atoms with Crippen molar-refractivity contribution in [3.05, 3.63) is 22.4 Å². The van der Waals surface area contributed by atoms with Crippen molar-refractivity contribution in [2.75, 3.05) is 20.1 Å². The summed E-state index contributed by atoms with van der Waals surface area (Å²) in [6, 6.07) is 3.63. The molecule has 0 atom stereocenters. The van der Waals surface area contributed by atoms with Crippen LogP contribution in [0.3, 0.4) is 0 Å². The second kappa shape index (κ2) is 7.13. The zero-order valence-corrected chi connectivity index (χ0v) is 12.3. The van der Waals surface area contributed by atoms with Crippen LogP contribution in [0.5, 0.6) is 0 Å². The number of carbonyl (C=O) groups excluding carboxylic acids is 1. The molecule has 1 aromatic heterocycles. The lowest BCUT2D eigenvalue weighted by atomic mass is 10.3. The van der Waals surface area contributed by atoms with Gasteiger partial charge in [0.15, 0.2) is 0 Å². The molecule has 0 aromatic carbocycles. The molecule has 0 aliphatic carbocycles. The van der Waals surface area contributed by atoms with Gasteiger partial charge in [0.2, 0.25) is 0 Å². The van der Waals surface area contributed by atoms with E-state index in [4.69, 9.17) is 5.11 Å². The summed E-state index contributed by atoms with van der Waals surface area (Å²) in [6.45, 7) is 3.95. The van der Waals surface area contributed by atoms with Gasteiger partial charge in [-0.15, -0.1) is 11.3 Å². The number of hydrogen-bond donors (Lipinski definition) is 1. The van der Waals surface area contributed by atoms with E-state index in [-0.39, 0.29) is 18.6 Å². The van der Waals surface area contributed by atoms with Gasteiger partial charge in [-0.3, -0.25) is 4.79 Å². The molecule has 0 unspecified atom stereocenters. The average molecular weight is 284 g/mol. The number of nitrogens with zero attached hydrogens (tertiary/aromatic N) is 2. The number of hydrogen-bond acceptors (Lipinski definition) is 3. The highest BCUT2D eigenvalue weighted by atomic mass is 32.1. The standard InChI is InChI=1S/C13H20N2O3S/c1-10(2)15(9-12(16)17)13(18)14(3)7-6-11-5-4-8-19-11/h4-5,8,10H,6-7,9H2,1-3H3,(H,16,17). The fourth-order valence-corrected chi connectivity index (χ4v) is 2.36. The molecule has 0 fully saturated rings. The second-order valence-electron chi connectivity index (χ2n) is 4.65. The van der Waals surface area contributed by atoms with Crippen molar-refractivity contribution in [2.45, 2.75) is 26.3 Å². The van der Waals surface area contributed by atoms with E-state index in [0.717, 1.165) is 6.42 Å². The Morgan fingerprint density at radius 2 is 2.11 bits per heavy atom. The molecule has 106 valence electrons. The van der Waals surface area contributed by atoms with Crippen molar-refractivity contribution in [1.29, 1.82) is 0 Å². The maximum Gasteiger partial charge on any atom is 0.323 e. The first-order valence-electron chi connectivity index (χ1n) is 6.17. The molecule has 0 saturated heterocycles. The van der Waals surface area contributed by atoms with Gasteiger partial charge in [0.25, 0.3) is 0 Å². The van der Waals surface area contributed by atoms with E-state index in [2.05, 4.69) is 0 Å². The molecule has 2 amide bonds. The van der Waals surface area contributed by atoms with Crippen LogP contribution in [0.15, 0.2) is 17.5 Å². The van der Waals surface area contributed by atoms with E-state index < -0.39 is 5.97 Å². The van der Waals surface area contributed by atoms with Gasteiger partial charge in [0.1, 0.15) is 6.54 Å². The molecule has 1 N–H and O–H groups in total. The van der Waals surface area contributed by atoms with Crippen LogP contribution in [-0.4, -0.2) is 53.1 Å². The van der Waals surface area contributed by atoms with Gasteiger partial charge in [-0.1, -0.05) is 6.07 Å². The van der Waals surface area contributed by atoms with Crippen molar-refractivity contribution < 1.29 is 14.7 Å². The number of aliphatic carboxylic acids is 1. The molecule has 0 spiro atoms. The summed E-state index contributed by atoms with van der Waals surface area (Å²) in [5, 5.41) is 10.8. The van der Waals surface area contributed by atoms with Crippen LogP contribution >= 0.6 is 11.3 Å². The molecule has 0 radical (unpaired) electrons. The molecule has 0 bridgehead atoms. The van der Waals surface area contributed by atoms with E-state index in [1.165, 1.54) is 9.78 Å². The van der Waals surface area contributed by atoms with E-state index >= 15 is 0 Å². The Labute approximate surface area is 117 Å². The minimum absolute atomic E-state index is 0.132. The smallest absolute Gasteiger partial charge is 0.323 e. The number of amides is 2. The van der Waals surface area contributed by atoms with Gasteiger partial charge in [0.05, 0.1) is 0 Å². The number of likely N-dealkylation sites (N-methyl/N-ethyl adjacent to an activating group) is 1. The third-order valence-corrected chi connectivity index (χ3v) is 3.71.